The first-order chi connectivity index (χ1) is 14.5. The van der Waals surface area contributed by atoms with Crippen LogP contribution in [0.3, 0.4) is 0 Å². The minimum absolute atomic E-state index is 0.313. The van der Waals surface area contributed by atoms with Crippen molar-refractivity contribution >= 4 is 39.8 Å². The first-order valence-corrected chi connectivity index (χ1v) is 9.76. The number of fused-ring (bicyclic) bond motifs is 1. The van der Waals surface area contributed by atoms with E-state index in [4.69, 9.17) is 11.6 Å². The third-order valence-electron chi connectivity index (χ3n) is 4.72. The number of amides is 2. The van der Waals surface area contributed by atoms with Gasteiger partial charge in [0.15, 0.2) is 0 Å². The van der Waals surface area contributed by atoms with Crippen molar-refractivity contribution in [2.75, 3.05) is 10.6 Å². The fourth-order valence-corrected chi connectivity index (χ4v) is 3.29. The molecule has 0 saturated heterocycles. The Morgan fingerprint density at radius 2 is 1.60 bits per heavy atom. The molecule has 2 amide bonds. The maximum atomic E-state index is 12.3. The summed E-state index contributed by atoms with van der Waals surface area (Å²) >= 11 is 5.94. The molecule has 0 unspecified atom stereocenters. The van der Waals surface area contributed by atoms with Crippen LogP contribution in [0.4, 0.5) is 16.2 Å². The molecule has 3 N–H and O–H groups in total. The van der Waals surface area contributed by atoms with Gasteiger partial charge in [0.25, 0.3) is 5.56 Å². The number of hydrogen-bond acceptors (Lipinski definition) is 3. The molecule has 0 atom stereocenters. The number of urea groups is 1. The Kier molecular flexibility index (Phi) is 5.50. The fraction of sp³-hybridized carbons (Fsp3) is 0.0870. The normalized spacial score (nSPS) is 10.7. The summed E-state index contributed by atoms with van der Waals surface area (Å²) in [7, 11) is 0. The van der Waals surface area contributed by atoms with Gasteiger partial charge >= 0.3 is 6.03 Å². The lowest BCUT2D eigenvalue weighted by Gasteiger charge is -2.10. The van der Waals surface area contributed by atoms with Gasteiger partial charge in [-0.25, -0.2) is 9.89 Å². The second kappa shape index (κ2) is 8.39. The third kappa shape index (κ3) is 4.50. The molecule has 150 valence electrons. The molecule has 3 aromatic carbocycles. The zero-order chi connectivity index (χ0) is 21.1. The number of H-pyrrole nitrogens is 1. The average molecular weight is 419 g/mol. The number of aromatic nitrogens is 2. The Morgan fingerprint density at radius 3 is 2.33 bits per heavy atom. The molecule has 0 aliphatic rings. The molecular formula is C23H19ClN4O2. The molecule has 0 fully saturated rings. The first kappa shape index (κ1) is 19.7. The molecule has 6 nitrogen and oxygen atoms in total. The summed E-state index contributed by atoms with van der Waals surface area (Å²) in [5, 5.41) is 14.1. The highest BCUT2D eigenvalue weighted by molar-refractivity contribution is 6.30. The van der Waals surface area contributed by atoms with Crippen molar-refractivity contribution in [2.24, 2.45) is 0 Å². The Bertz CT molecular complexity index is 1270. The van der Waals surface area contributed by atoms with Crippen LogP contribution in [0, 0.1) is 6.92 Å². The average Bonchev–Trinajstić information content (AvgIpc) is 2.73. The monoisotopic (exact) mass is 418 g/mol. The molecule has 1 aromatic heterocycles. The second-order valence-electron chi connectivity index (χ2n) is 7.01. The van der Waals surface area contributed by atoms with Gasteiger partial charge in [0.1, 0.15) is 0 Å². The largest absolute Gasteiger partial charge is 0.323 e. The van der Waals surface area contributed by atoms with E-state index in [1.807, 2.05) is 55.5 Å². The van der Waals surface area contributed by atoms with E-state index in [2.05, 4.69) is 20.8 Å². The summed E-state index contributed by atoms with van der Waals surface area (Å²) in [6.07, 6.45) is 0.547. The van der Waals surface area contributed by atoms with Gasteiger partial charge in [-0.3, -0.25) is 4.79 Å². The number of carbonyl (C=O) groups excluding carboxylic acids is 1. The van der Waals surface area contributed by atoms with Crippen molar-refractivity contribution in [3.05, 3.63) is 98.9 Å². The Labute approximate surface area is 177 Å². The molecular weight excluding hydrogens is 400 g/mol. The zero-order valence-corrected chi connectivity index (χ0v) is 17.0. The van der Waals surface area contributed by atoms with Crippen molar-refractivity contribution in [3.63, 3.8) is 0 Å². The fourth-order valence-electron chi connectivity index (χ4n) is 3.16. The van der Waals surface area contributed by atoms with E-state index in [0.29, 0.717) is 28.2 Å². The molecule has 0 bridgehead atoms. The number of nitrogens with zero attached hydrogens (tertiary/aromatic N) is 1. The van der Waals surface area contributed by atoms with Gasteiger partial charge in [0.05, 0.1) is 11.1 Å². The number of anilines is 2. The molecule has 0 radical (unpaired) electrons. The minimum atomic E-state index is -0.384. The lowest BCUT2D eigenvalue weighted by atomic mass is 10.0. The van der Waals surface area contributed by atoms with Crippen molar-refractivity contribution in [1.29, 1.82) is 0 Å². The number of benzene rings is 3. The van der Waals surface area contributed by atoms with E-state index in [-0.39, 0.29) is 11.6 Å². The zero-order valence-electron chi connectivity index (χ0n) is 16.2. The van der Waals surface area contributed by atoms with Gasteiger partial charge in [-0.05, 0) is 48.9 Å². The van der Waals surface area contributed by atoms with Gasteiger partial charge in [0, 0.05) is 28.2 Å². The number of rotatable bonds is 4. The number of halogens is 1. The summed E-state index contributed by atoms with van der Waals surface area (Å²) in [6, 6.07) is 19.8. The number of aryl methyl sites for hydroxylation is 1. The third-order valence-corrected chi connectivity index (χ3v) is 4.97. The highest BCUT2D eigenvalue weighted by Gasteiger charge is 2.10. The Balaban J connectivity index is 1.56. The van der Waals surface area contributed by atoms with E-state index in [1.54, 1.807) is 18.2 Å². The van der Waals surface area contributed by atoms with E-state index < -0.39 is 0 Å². The highest BCUT2D eigenvalue weighted by Crippen LogP contribution is 2.21. The summed E-state index contributed by atoms with van der Waals surface area (Å²) in [4.78, 5) is 24.6. The molecule has 7 heteroatoms. The van der Waals surface area contributed by atoms with Gasteiger partial charge in [0.2, 0.25) is 0 Å². The van der Waals surface area contributed by atoms with Crippen LogP contribution in [0.1, 0.15) is 16.8 Å². The van der Waals surface area contributed by atoms with Crippen molar-refractivity contribution in [2.45, 2.75) is 13.3 Å². The molecule has 0 aliphatic carbocycles. The summed E-state index contributed by atoms with van der Waals surface area (Å²) in [6.45, 7) is 1.98. The van der Waals surface area contributed by atoms with Crippen molar-refractivity contribution < 1.29 is 4.79 Å². The van der Waals surface area contributed by atoms with Crippen LogP contribution in [-0.4, -0.2) is 16.2 Å². The van der Waals surface area contributed by atoms with Crippen LogP contribution in [0.15, 0.2) is 71.5 Å². The Hall–Kier alpha value is -3.64. The number of aromatic amines is 1. The van der Waals surface area contributed by atoms with E-state index in [1.165, 1.54) is 0 Å². The standard InChI is InChI=1S/C23H19ClN4O2/c1-14-2-8-17(9-3-14)25-23(30)26-18-10-11-19-20(13-18)22(29)28-27-21(19)12-15-4-6-16(24)7-5-15/h2-11,13H,12H2,1H3,(H,28,29)(H2,25,26,30). The maximum Gasteiger partial charge on any atom is 0.323 e. The molecule has 4 aromatic rings. The summed E-state index contributed by atoms with van der Waals surface area (Å²) < 4.78 is 0. The van der Waals surface area contributed by atoms with Crippen LogP contribution in [-0.2, 0) is 6.42 Å². The van der Waals surface area contributed by atoms with Crippen LogP contribution in [0.2, 0.25) is 5.02 Å². The van der Waals surface area contributed by atoms with Crippen molar-refractivity contribution in [3.8, 4) is 0 Å². The van der Waals surface area contributed by atoms with E-state index >= 15 is 0 Å². The minimum Gasteiger partial charge on any atom is -0.308 e. The van der Waals surface area contributed by atoms with Crippen LogP contribution < -0.4 is 16.2 Å². The van der Waals surface area contributed by atoms with Crippen molar-refractivity contribution in [1.82, 2.24) is 10.2 Å². The quantitative estimate of drug-likeness (QED) is 0.430. The number of hydrogen-bond donors (Lipinski definition) is 3. The second-order valence-corrected chi connectivity index (χ2v) is 7.44. The van der Waals surface area contributed by atoms with Gasteiger partial charge in [-0.1, -0.05) is 47.5 Å². The van der Waals surface area contributed by atoms with Gasteiger partial charge in [-0.15, -0.1) is 0 Å². The Morgan fingerprint density at radius 1 is 0.933 bits per heavy atom. The van der Waals surface area contributed by atoms with E-state index in [0.717, 1.165) is 22.2 Å². The lowest BCUT2D eigenvalue weighted by Crippen LogP contribution is -2.19. The summed E-state index contributed by atoms with van der Waals surface area (Å²) in [5.41, 5.74) is 3.76. The topological polar surface area (TPSA) is 86.9 Å². The van der Waals surface area contributed by atoms with Gasteiger partial charge < -0.3 is 10.6 Å². The molecule has 0 spiro atoms. The number of carbonyl (C=O) groups is 1. The molecule has 0 saturated carbocycles. The molecule has 1 heterocycles. The predicted octanol–water partition coefficient (Wildman–Crippen LogP) is 5.12. The summed E-state index contributed by atoms with van der Waals surface area (Å²) in [5.74, 6) is 0. The lowest BCUT2D eigenvalue weighted by molar-refractivity contribution is 0.262. The SMILES string of the molecule is Cc1ccc(NC(=O)Nc2ccc3c(Cc4ccc(Cl)cc4)n[nH]c(=O)c3c2)cc1. The van der Waals surface area contributed by atoms with E-state index in [9.17, 15) is 9.59 Å². The van der Waals surface area contributed by atoms with Crippen LogP contribution >= 0.6 is 11.6 Å². The highest BCUT2D eigenvalue weighted by atomic mass is 35.5. The smallest absolute Gasteiger partial charge is 0.308 e. The first-order valence-electron chi connectivity index (χ1n) is 9.38. The van der Waals surface area contributed by atoms with Crippen LogP contribution in [0.25, 0.3) is 10.8 Å². The maximum absolute atomic E-state index is 12.3. The number of nitrogens with one attached hydrogen (secondary N) is 3. The molecule has 0 aliphatic heterocycles. The molecule has 30 heavy (non-hydrogen) atoms. The molecule has 4 rings (SSSR count). The van der Waals surface area contributed by atoms with Gasteiger partial charge in [-0.2, -0.15) is 5.10 Å². The van der Waals surface area contributed by atoms with Crippen LogP contribution in [0.5, 0.6) is 0 Å². The predicted molar refractivity (Wildman–Crippen MR) is 120 cm³/mol.